The molecule has 182 valence electrons. The summed E-state index contributed by atoms with van der Waals surface area (Å²) in [6.45, 7) is 9.97. The van der Waals surface area contributed by atoms with Crippen LogP contribution in [0, 0.1) is 5.92 Å². The molecule has 1 saturated heterocycles. The molecule has 0 bridgehead atoms. The number of piperazine rings is 1. The van der Waals surface area contributed by atoms with Crippen molar-refractivity contribution < 1.29 is 9.47 Å². The number of tetrazole rings is 1. The summed E-state index contributed by atoms with van der Waals surface area (Å²) in [6.07, 6.45) is 1.02. The van der Waals surface area contributed by atoms with Crippen LogP contribution in [0.15, 0.2) is 48.5 Å². The summed E-state index contributed by atoms with van der Waals surface area (Å²) in [7, 11) is 3.36. The molecule has 3 aromatic rings. The number of hydrogen-bond donors (Lipinski definition) is 0. The summed E-state index contributed by atoms with van der Waals surface area (Å²) >= 11 is 0. The Kier molecular flexibility index (Phi) is 8.13. The van der Waals surface area contributed by atoms with Gasteiger partial charge in [0.25, 0.3) is 0 Å². The topological polar surface area (TPSA) is 68.5 Å². The number of methoxy groups -OCH3 is 2. The third-order valence-electron chi connectivity index (χ3n) is 6.47. The minimum absolute atomic E-state index is 0.119. The average molecular weight is 465 g/mol. The van der Waals surface area contributed by atoms with E-state index in [1.54, 1.807) is 14.2 Å². The Balaban J connectivity index is 1.62. The van der Waals surface area contributed by atoms with Gasteiger partial charge in [-0.05, 0) is 34.4 Å². The fourth-order valence-electron chi connectivity index (χ4n) is 4.59. The lowest BCUT2D eigenvalue weighted by molar-refractivity contribution is 0.0988. The first kappa shape index (κ1) is 24.2. The van der Waals surface area contributed by atoms with Crippen molar-refractivity contribution in [2.45, 2.75) is 39.4 Å². The smallest absolute Gasteiger partial charge is 0.173 e. The van der Waals surface area contributed by atoms with Gasteiger partial charge in [-0.1, -0.05) is 56.3 Å². The number of benzene rings is 2. The van der Waals surface area contributed by atoms with Crippen molar-refractivity contribution in [3.8, 4) is 11.5 Å². The summed E-state index contributed by atoms with van der Waals surface area (Å²) in [6, 6.07) is 16.6. The molecule has 0 radical (unpaired) electrons. The molecule has 0 spiro atoms. The van der Waals surface area contributed by atoms with Crippen LogP contribution in [-0.2, 0) is 13.1 Å². The number of hydrogen-bond acceptors (Lipinski definition) is 7. The Morgan fingerprint density at radius 3 is 2.35 bits per heavy atom. The van der Waals surface area contributed by atoms with Crippen LogP contribution in [0.1, 0.15) is 43.3 Å². The lowest BCUT2D eigenvalue weighted by Gasteiger charge is -2.39. The Bertz CT molecular complexity index is 1030. The molecule has 0 N–H and O–H groups in total. The molecule has 4 rings (SSSR count). The van der Waals surface area contributed by atoms with Crippen LogP contribution in [0.25, 0.3) is 0 Å². The minimum atomic E-state index is -0.119. The van der Waals surface area contributed by atoms with Crippen molar-refractivity contribution in [2.24, 2.45) is 5.92 Å². The molecule has 0 saturated carbocycles. The highest BCUT2D eigenvalue weighted by atomic mass is 16.5. The Morgan fingerprint density at radius 1 is 0.912 bits per heavy atom. The third-order valence-corrected chi connectivity index (χ3v) is 6.47. The van der Waals surface area contributed by atoms with E-state index in [-0.39, 0.29) is 6.04 Å². The van der Waals surface area contributed by atoms with Crippen molar-refractivity contribution in [1.82, 2.24) is 30.0 Å². The zero-order valence-corrected chi connectivity index (χ0v) is 20.7. The van der Waals surface area contributed by atoms with Crippen molar-refractivity contribution in [1.29, 1.82) is 0 Å². The Labute approximate surface area is 202 Å². The summed E-state index contributed by atoms with van der Waals surface area (Å²) in [5, 5.41) is 12.9. The van der Waals surface area contributed by atoms with Crippen molar-refractivity contribution in [3.63, 3.8) is 0 Å². The first-order chi connectivity index (χ1) is 16.6. The molecule has 0 unspecified atom stereocenters. The zero-order chi connectivity index (χ0) is 23.9. The molecule has 1 fully saturated rings. The highest BCUT2D eigenvalue weighted by Gasteiger charge is 2.33. The maximum Gasteiger partial charge on any atom is 0.173 e. The van der Waals surface area contributed by atoms with Crippen LogP contribution in [-0.4, -0.2) is 70.4 Å². The van der Waals surface area contributed by atoms with E-state index in [4.69, 9.17) is 9.47 Å². The maximum atomic E-state index is 5.84. The van der Waals surface area contributed by atoms with E-state index in [1.165, 1.54) is 5.56 Å². The molecule has 8 nitrogen and oxygen atoms in total. The Morgan fingerprint density at radius 2 is 1.68 bits per heavy atom. The molecule has 8 heteroatoms. The fourth-order valence-corrected chi connectivity index (χ4v) is 4.59. The molecule has 1 atom stereocenters. The molecular formula is C26H36N6O2. The van der Waals surface area contributed by atoms with Crippen LogP contribution in [0.4, 0.5) is 0 Å². The van der Waals surface area contributed by atoms with Crippen LogP contribution in [0.5, 0.6) is 11.5 Å². The normalized spacial score (nSPS) is 16.0. The molecule has 1 aliphatic rings. The second kappa shape index (κ2) is 11.4. The van der Waals surface area contributed by atoms with Gasteiger partial charge in [0.15, 0.2) is 17.3 Å². The summed E-state index contributed by atoms with van der Waals surface area (Å²) in [4.78, 5) is 4.98. The van der Waals surface area contributed by atoms with Crippen molar-refractivity contribution in [3.05, 3.63) is 65.5 Å². The van der Waals surface area contributed by atoms with Gasteiger partial charge in [-0.3, -0.25) is 9.80 Å². The van der Waals surface area contributed by atoms with Crippen molar-refractivity contribution in [2.75, 3.05) is 40.4 Å². The van der Waals surface area contributed by atoms with E-state index >= 15 is 0 Å². The van der Waals surface area contributed by atoms with Crippen LogP contribution in [0.2, 0.25) is 0 Å². The van der Waals surface area contributed by atoms with Crippen LogP contribution >= 0.6 is 0 Å². The lowest BCUT2D eigenvalue weighted by atomic mass is 10.0. The van der Waals surface area contributed by atoms with Gasteiger partial charge in [-0.25, -0.2) is 4.68 Å². The first-order valence-electron chi connectivity index (χ1n) is 12.1. The van der Waals surface area contributed by atoms with Crippen LogP contribution < -0.4 is 9.47 Å². The van der Waals surface area contributed by atoms with Gasteiger partial charge in [0.05, 0.1) is 14.2 Å². The predicted molar refractivity (Wildman–Crippen MR) is 132 cm³/mol. The second-order valence-corrected chi connectivity index (χ2v) is 9.23. The number of para-hydroxylation sites is 1. The molecular weight excluding hydrogens is 428 g/mol. The highest BCUT2D eigenvalue weighted by Crippen LogP contribution is 2.39. The number of rotatable bonds is 10. The average Bonchev–Trinajstić information content (AvgIpc) is 3.32. The second-order valence-electron chi connectivity index (χ2n) is 9.23. The summed E-state index contributed by atoms with van der Waals surface area (Å²) < 4.78 is 13.4. The predicted octanol–water partition coefficient (Wildman–Crippen LogP) is 3.64. The largest absolute Gasteiger partial charge is 0.493 e. The van der Waals surface area contributed by atoms with E-state index in [0.717, 1.165) is 62.8 Å². The minimum Gasteiger partial charge on any atom is -0.493 e. The molecule has 2 heterocycles. The van der Waals surface area contributed by atoms with Crippen LogP contribution in [0.3, 0.4) is 0 Å². The zero-order valence-electron chi connectivity index (χ0n) is 20.7. The number of aryl methyl sites for hydroxylation is 1. The van der Waals surface area contributed by atoms with E-state index in [9.17, 15) is 0 Å². The fraction of sp³-hybridized carbons (Fsp3) is 0.500. The molecule has 34 heavy (non-hydrogen) atoms. The van der Waals surface area contributed by atoms with Crippen molar-refractivity contribution >= 4 is 0 Å². The van der Waals surface area contributed by atoms with Gasteiger partial charge in [0.2, 0.25) is 0 Å². The number of aromatic nitrogens is 4. The monoisotopic (exact) mass is 464 g/mol. The standard InChI is InChI=1S/C26H36N6O2/c1-20(2)13-14-32-26(27-28-29-32)24(22-11-8-12-23(33-3)25(22)34-4)31-17-15-30(16-18-31)19-21-9-6-5-7-10-21/h5-12,20,24H,13-19H2,1-4H3/t24-/m0/s1. The van der Waals surface area contributed by atoms with Gasteiger partial charge in [0, 0.05) is 44.8 Å². The highest BCUT2D eigenvalue weighted by molar-refractivity contribution is 5.49. The summed E-state index contributed by atoms with van der Waals surface area (Å²) in [5.41, 5.74) is 2.37. The van der Waals surface area contributed by atoms with E-state index in [0.29, 0.717) is 11.7 Å². The van der Waals surface area contributed by atoms with Gasteiger partial charge in [0.1, 0.15) is 6.04 Å². The van der Waals surface area contributed by atoms with Gasteiger partial charge >= 0.3 is 0 Å². The Hall–Kier alpha value is -2.97. The maximum absolute atomic E-state index is 5.84. The van der Waals surface area contributed by atoms with E-state index in [2.05, 4.69) is 75.6 Å². The molecule has 0 amide bonds. The van der Waals surface area contributed by atoms with Gasteiger partial charge < -0.3 is 9.47 Å². The number of nitrogens with zero attached hydrogens (tertiary/aromatic N) is 6. The number of ether oxygens (including phenoxy) is 2. The molecule has 1 aliphatic heterocycles. The quantitative estimate of drug-likeness (QED) is 0.454. The molecule has 1 aromatic heterocycles. The molecule has 0 aliphatic carbocycles. The molecule has 2 aromatic carbocycles. The van der Waals surface area contributed by atoms with Gasteiger partial charge in [-0.2, -0.15) is 0 Å². The van der Waals surface area contributed by atoms with E-state index in [1.807, 2.05) is 16.8 Å². The first-order valence-corrected chi connectivity index (χ1v) is 12.1. The third kappa shape index (κ3) is 5.56. The van der Waals surface area contributed by atoms with Gasteiger partial charge in [-0.15, -0.1) is 5.10 Å². The SMILES string of the molecule is COc1cccc([C@@H](c2nnnn2CCC(C)C)N2CCN(Cc3ccccc3)CC2)c1OC. The van der Waals surface area contributed by atoms with E-state index < -0.39 is 0 Å². The lowest BCUT2D eigenvalue weighted by Crippen LogP contribution is -2.48. The summed E-state index contributed by atoms with van der Waals surface area (Å²) in [5.74, 6) is 2.88.